The number of hydrogen-bond donors (Lipinski definition) is 1. The van der Waals surface area contributed by atoms with Gasteiger partial charge in [-0.2, -0.15) is 0 Å². The summed E-state index contributed by atoms with van der Waals surface area (Å²) in [5.41, 5.74) is 0. The predicted molar refractivity (Wildman–Crippen MR) is 69.5 cm³/mol. The molecule has 1 aromatic rings. The summed E-state index contributed by atoms with van der Waals surface area (Å²) < 4.78 is 5.10. The molecular weight excluding hydrogens is 214 g/mol. The molecule has 1 aromatic heterocycles. The quantitative estimate of drug-likeness (QED) is 0.866. The Morgan fingerprint density at radius 1 is 1.53 bits per heavy atom. The zero-order valence-corrected chi connectivity index (χ0v) is 10.6. The third-order valence-electron chi connectivity index (χ3n) is 3.28. The Labute approximate surface area is 103 Å². The number of ether oxygens (including phenoxy) is 1. The maximum atomic E-state index is 5.10. The minimum Gasteiger partial charge on any atom is -0.495 e. The van der Waals surface area contributed by atoms with Crippen LogP contribution in [-0.4, -0.2) is 42.7 Å². The van der Waals surface area contributed by atoms with Gasteiger partial charge in [-0.3, -0.25) is 0 Å². The first-order valence-corrected chi connectivity index (χ1v) is 6.30. The van der Waals surface area contributed by atoms with Gasteiger partial charge in [-0.1, -0.05) is 6.92 Å². The van der Waals surface area contributed by atoms with Gasteiger partial charge >= 0.3 is 0 Å². The van der Waals surface area contributed by atoms with Crippen molar-refractivity contribution in [1.82, 2.24) is 9.88 Å². The largest absolute Gasteiger partial charge is 0.495 e. The molecule has 1 aliphatic heterocycles. The molecule has 1 aliphatic rings. The molecule has 0 saturated carbocycles. The molecule has 4 nitrogen and oxygen atoms in total. The molecule has 1 N–H and O–H groups in total. The molecule has 4 heteroatoms. The standard InChI is InChI=1S/C13H21N3O/c1-3-16-8-4-5-11(10-16)15-13-7-6-12(17-2)9-14-13/h6-7,9,11H,3-5,8,10H2,1-2H3,(H,14,15). The molecule has 1 unspecified atom stereocenters. The molecule has 1 atom stereocenters. The Kier molecular flexibility index (Phi) is 4.20. The fourth-order valence-electron chi connectivity index (χ4n) is 2.26. The molecule has 0 spiro atoms. The maximum absolute atomic E-state index is 5.10. The van der Waals surface area contributed by atoms with Gasteiger partial charge in [0.05, 0.1) is 13.3 Å². The highest BCUT2D eigenvalue weighted by atomic mass is 16.5. The van der Waals surface area contributed by atoms with E-state index in [9.17, 15) is 0 Å². The zero-order valence-electron chi connectivity index (χ0n) is 10.6. The fraction of sp³-hybridized carbons (Fsp3) is 0.615. The summed E-state index contributed by atoms with van der Waals surface area (Å²) in [6.07, 6.45) is 4.24. The van der Waals surface area contributed by atoms with Crippen molar-refractivity contribution in [2.24, 2.45) is 0 Å². The number of hydrogen-bond acceptors (Lipinski definition) is 4. The third-order valence-corrected chi connectivity index (χ3v) is 3.28. The van der Waals surface area contributed by atoms with Crippen LogP contribution in [0.5, 0.6) is 5.75 Å². The molecule has 2 rings (SSSR count). The van der Waals surface area contributed by atoms with Gasteiger partial charge in [-0.15, -0.1) is 0 Å². The van der Waals surface area contributed by atoms with Crippen molar-refractivity contribution in [2.45, 2.75) is 25.8 Å². The summed E-state index contributed by atoms with van der Waals surface area (Å²) in [7, 11) is 1.66. The van der Waals surface area contributed by atoms with Crippen LogP contribution in [0, 0.1) is 0 Å². The van der Waals surface area contributed by atoms with E-state index in [1.807, 2.05) is 12.1 Å². The second-order valence-electron chi connectivity index (χ2n) is 4.46. The Balaban J connectivity index is 1.90. The highest BCUT2D eigenvalue weighted by Gasteiger charge is 2.18. The molecule has 0 aliphatic carbocycles. The van der Waals surface area contributed by atoms with Gasteiger partial charge in [0.25, 0.3) is 0 Å². The molecule has 0 amide bonds. The van der Waals surface area contributed by atoms with E-state index in [1.165, 1.54) is 19.4 Å². The van der Waals surface area contributed by atoms with E-state index in [2.05, 4.69) is 22.1 Å². The Morgan fingerprint density at radius 2 is 2.41 bits per heavy atom. The van der Waals surface area contributed by atoms with Crippen molar-refractivity contribution in [1.29, 1.82) is 0 Å². The topological polar surface area (TPSA) is 37.4 Å². The van der Waals surface area contributed by atoms with Crippen LogP contribution in [0.15, 0.2) is 18.3 Å². The van der Waals surface area contributed by atoms with Crippen LogP contribution in [-0.2, 0) is 0 Å². The van der Waals surface area contributed by atoms with Crippen LogP contribution >= 0.6 is 0 Å². The first kappa shape index (κ1) is 12.2. The van der Waals surface area contributed by atoms with Crippen molar-refractivity contribution in [3.05, 3.63) is 18.3 Å². The lowest BCUT2D eigenvalue weighted by molar-refractivity contribution is 0.226. The molecule has 0 radical (unpaired) electrons. The second-order valence-corrected chi connectivity index (χ2v) is 4.46. The summed E-state index contributed by atoms with van der Waals surface area (Å²) in [4.78, 5) is 6.82. The lowest BCUT2D eigenvalue weighted by Gasteiger charge is -2.32. The molecule has 1 saturated heterocycles. The Bertz CT molecular complexity index is 339. The molecule has 0 bridgehead atoms. The van der Waals surface area contributed by atoms with Gasteiger partial charge in [-0.05, 0) is 38.1 Å². The van der Waals surface area contributed by atoms with Gasteiger partial charge in [0.1, 0.15) is 11.6 Å². The molecule has 1 fully saturated rings. The number of nitrogens with zero attached hydrogens (tertiary/aromatic N) is 2. The number of methoxy groups -OCH3 is 1. The molecule has 94 valence electrons. The molecule has 0 aromatic carbocycles. The number of piperidine rings is 1. The lowest BCUT2D eigenvalue weighted by Crippen LogP contribution is -2.41. The monoisotopic (exact) mass is 235 g/mol. The first-order valence-electron chi connectivity index (χ1n) is 6.30. The van der Waals surface area contributed by atoms with Crippen molar-refractivity contribution in [3.8, 4) is 5.75 Å². The smallest absolute Gasteiger partial charge is 0.137 e. The first-order chi connectivity index (χ1) is 8.31. The van der Waals surface area contributed by atoms with Crippen LogP contribution in [0.4, 0.5) is 5.82 Å². The zero-order chi connectivity index (χ0) is 12.1. The number of nitrogens with one attached hydrogen (secondary N) is 1. The Hall–Kier alpha value is -1.29. The van der Waals surface area contributed by atoms with Crippen molar-refractivity contribution < 1.29 is 4.74 Å². The van der Waals surface area contributed by atoms with Crippen LogP contribution < -0.4 is 10.1 Å². The highest BCUT2D eigenvalue weighted by Crippen LogP contribution is 2.16. The Morgan fingerprint density at radius 3 is 3.06 bits per heavy atom. The summed E-state index contributed by atoms with van der Waals surface area (Å²) >= 11 is 0. The number of likely N-dealkylation sites (N-methyl/N-ethyl adjacent to an activating group) is 1. The van der Waals surface area contributed by atoms with Crippen LogP contribution in [0.1, 0.15) is 19.8 Å². The van der Waals surface area contributed by atoms with Crippen LogP contribution in [0.25, 0.3) is 0 Å². The van der Waals surface area contributed by atoms with Gasteiger partial charge in [0.15, 0.2) is 0 Å². The lowest BCUT2D eigenvalue weighted by atomic mass is 10.1. The van der Waals surface area contributed by atoms with Gasteiger partial charge < -0.3 is 15.0 Å². The van der Waals surface area contributed by atoms with E-state index in [4.69, 9.17) is 4.74 Å². The van der Waals surface area contributed by atoms with E-state index < -0.39 is 0 Å². The van der Waals surface area contributed by atoms with Gasteiger partial charge in [-0.25, -0.2) is 4.98 Å². The van der Waals surface area contributed by atoms with E-state index in [0.29, 0.717) is 6.04 Å². The highest BCUT2D eigenvalue weighted by molar-refractivity contribution is 5.38. The molecular formula is C13H21N3O. The number of aromatic nitrogens is 1. The van der Waals surface area contributed by atoms with E-state index >= 15 is 0 Å². The van der Waals surface area contributed by atoms with E-state index in [-0.39, 0.29) is 0 Å². The number of pyridine rings is 1. The van der Waals surface area contributed by atoms with Crippen LogP contribution in [0.2, 0.25) is 0 Å². The number of anilines is 1. The summed E-state index contributed by atoms with van der Waals surface area (Å²) in [6.45, 7) is 5.69. The van der Waals surface area contributed by atoms with Gasteiger partial charge in [0, 0.05) is 12.6 Å². The summed E-state index contributed by atoms with van der Waals surface area (Å²) in [5.74, 6) is 1.74. The number of rotatable bonds is 4. The van der Waals surface area contributed by atoms with Crippen molar-refractivity contribution in [2.75, 3.05) is 32.1 Å². The fourth-order valence-corrected chi connectivity index (χ4v) is 2.26. The normalized spacial score (nSPS) is 21.2. The maximum Gasteiger partial charge on any atom is 0.137 e. The van der Waals surface area contributed by atoms with E-state index in [0.717, 1.165) is 24.7 Å². The second kappa shape index (κ2) is 5.87. The van der Waals surface area contributed by atoms with Crippen molar-refractivity contribution in [3.63, 3.8) is 0 Å². The molecule has 17 heavy (non-hydrogen) atoms. The summed E-state index contributed by atoms with van der Waals surface area (Å²) in [5, 5.41) is 3.49. The predicted octanol–water partition coefficient (Wildman–Crippen LogP) is 1.99. The van der Waals surface area contributed by atoms with Crippen LogP contribution in [0.3, 0.4) is 0 Å². The van der Waals surface area contributed by atoms with Gasteiger partial charge in [0.2, 0.25) is 0 Å². The number of likely N-dealkylation sites (tertiary alicyclic amines) is 1. The minimum absolute atomic E-state index is 0.518. The van der Waals surface area contributed by atoms with Crippen molar-refractivity contribution >= 4 is 5.82 Å². The SMILES string of the molecule is CCN1CCCC(Nc2ccc(OC)cn2)C1. The third kappa shape index (κ3) is 3.33. The summed E-state index contributed by atoms with van der Waals surface area (Å²) in [6, 6.07) is 4.43. The average molecular weight is 235 g/mol. The minimum atomic E-state index is 0.518. The van der Waals surface area contributed by atoms with E-state index in [1.54, 1.807) is 13.3 Å². The average Bonchev–Trinajstić information content (AvgIpc) is 2.40. The molecule has 2 heterocycles.